The van der Waals surface area contributed by atoms with E-state index in [4.69, 9.17) is 16.3 Å². The number of hydrogen-bond acceptors (Lipinski definition) is 5. The SMILES string of the molecule is CCOc1ccc2ncc(C#N)c(N3CCC(C(=O)Nc4ccc(Cl)cc4)CC3)c2c1. The highest BCUT2D eigenvalue weighted by Crippen LogP contribution is 2.34. The van der Waals surface area contributed by atoms with Crippen molar-refractivity contribution in [1.82, 2.24) is 4.98 Å². The molecule has 4 rings (SSSR count). The third-order valence-corrected chi connectivity index (χ3v) is 5.79. The van der Waals surface area contributed by atoms with Gasteiger partial charge in [-0.15, -0.1) is 0 Å². The van der Waals surface area contributed by atoms with Crippen LogP contribution in [0.15, 0.2) is 48.7 Å². The number of amides is 1. The zero-order valence-electron chi connectivity index (χ0n) is 17.3. The lowest BCUT2D eigenvalue weighted by atomic mass is 9.94. The molecule has 0 radical (unpaired) electrons. The minimum atomic E-state index is -0.0791. The fraction of sp³-hybridized carbons (Fsp3) is 0.292. The molecule has 1 aromatic heterocycles. The number of fused-ring (bicyclic) bond motifs is 1. The van der Waals surface area contributed by atoms with Gasteiger partial charge in [-0.2, -0.15) is 5.26 Å². The number of benzene rings is 2. The second kappa shape index (κ2) is 9.23. The van der Waals surface area contributed by atoms with Gasteiger partial charge in [-0.1, -0.05) is 11.6 Å². The van der Waals surface area contributed by atoms with Gasteiger partial charge in [-0.25, -0.2) is 0 Å². The van der Waals surface area contributed by atoms with E-state index < -0.39 is 0 Å². The Morgan fingerprint density at radius 2 is 2.00 bits per heavy atom. The molecule has 6 nitrogen and oxygen atoms in total. The van der Waals surface area contributed by atoms with Crippen LogP contribution in [0.1, 0.15) is 25.3 Å². The van der Waals surface area contributed by atoms with Crippen LogP contribution < -0.4 is 15.0 Å². The number of nitrogens with one attached hydrogen (secondary N) is 1. The highest BCUT2D eigenvalue weighted by molar-refractivity contribution is 6.30. The Morgan fingerprint density at radius 3 is 2.68 bits per heavy atom. The van der Waals surface area contributed by atoms with Gasteiger partial charge in [0, 0.05) is 41.3 Å². The van der Waals surface area contributed by atoms with Crippen LogP contribution >= 0.6 is 11.6 Å². The number of rotatable bonds is 5. The molecule has 2 heterocycles. The average molecular weight is 435 g/mol. The maximum Gasteiger partial charge on any atom is 0.227 e. The number of halogens is 1. The lowest BCUT2D eigenvalue weighted by molar-refractivity contribution is -0.120. The zero-order chi connectivity index (χ0) is 21.8. The van der Waals surface area contributed by atoms with E-state index in [1.165, 1.54) is 0 Å². The van der Waals surface area contributed by atoms with Crippen molar-refractivity contribution in [2.45, 2.75) is 19.8 Å². The number of pyridine rings is 1. The summed E-state index contributed by atoms with van der Waals surface area (Å²) in [5.41, 5.74) is 2.96. The number of anilines is 2. The number of nitrogens with zero attached hydrogens (tertiary/aromatic N) is 3. The first-order valence-corrected chi connectivity index (χ1v) is 10.7. The van der Waals surface area contributed by atoms with Crippen LogP contribution in [0.3, 0.4) is 0 Å². The first-order chi connectivity index (χ1) is 15.1. The molecule has 31 heavy (non-hydrogen) atoms. The van der Waals surface area contributed by atoms with Gasteiger partial charge in [-0.3, -0.25) is 9.78 Å². The van der Waals surface area contributed by atoms with Gasteiger partial charge >= 0.3 is 0 Å². The second-order valence-electron chi connectivity index (χ2n) is 7.50. The number of aromatic nitrogens is 1. The van der Waals surface area contributed by atoms with E-state index in [0.29, 0.717) is 43.1 Å². The van der Waals surface area contributed by atoms with Crippen LogP contribution in [-0.4, -0.2) is 30.6 Å². The smallest absolute Gasteiger partial charge is 0.227 e. The molecule has 1 aliphatic rings. The monoisotopic (exact) mass is 434 g/mol. The Hall–Kier alpha value is -3.30. The molecule has 2 aromatic carbocycles. The normalized spacial score (nSPS) is 14.3. The molecule has 3 aromatic rings. The van der Waals surface area contributed by atoms with E-state index in [9.17, 15) is 10.1 Å². The van der Waals surface area contributed by atoms with Gasteiger partial charge in [0.1, 0.15) is 11.8 Å². The van der Waals surface area contributed by atoms with E-state index >= 15 is 0 Å². The largest absolute Gasteiger partial charge is 0.494 e. The molecule has 1 amide bonds. The molecule has 0 spiro atoms. The molecule has 0 saturated carbocycles. The summed E-state index contributed by atoms with van der Waals surface area (Å²) in [6, 6.07) is 15.1. The molecule has 1 fully saturated rings. The molecule has 1 saturated heterocycles. The van der Waals surface area contributed by atoms with Crippen molar-refractivity contribution in [1.29, 1.82) is 5.26 Å². The van der Waals surface area contributed by atoms with Crippen molar-refractivity contribution in [2.24, 2.45) is 5.92 Å². The molecule has 158 valence electrons. The van der Waals surface area contributed by atoms with Gasteiger partial charge in [0.05, 0.1) is 23.4 Å². The number of hydrogen-bond donors (Lipinski definition) is 1. The molecule has 7 heteroatoms. The first-order valence-electron chi connectivity index (χ1n) is 10.4. The fourth-order valence-corrected chi connectivity index (χ4v) is 4.11. The van der Waals surface area contributed by atoms with E-state index in [1.54, 1.807) is 30.5 Å². The Morgan fingerprint density at radius 1 is 1.26 bits per heavy atom. The predicted molar refractivity (Wildman–Crippen MR) is 123 cm³/mol. The number of ether oxygens (including phenoxy) is 1. The van der Waals surface area contributed by atoms with Crippen molar-refractivity contribution in [2.75, 3.05) is 29.9 Å². The first kappa shape index (κ1) is 21.0. The highest BCUT2D eigenvalue weighted by Gasteiger charge is 2.27. The Balaban J connectivity index is 1.52. The van der Waals surface area contributed by atoms with Gasteiger partial charge in [0.25, 0.3) is 0 Å². The lowest BCUT2D eigenvalue weighted by Crippen LogP contribution is -2.38. The zero-order valence-corrected chi connectivity index (χ0v) is 18.0. The quantitative estimate of drug-likeness (QED) is 0.610. The molecule has 0 unspecified atom stereocenters. The van der Waals surface area contributed by atoms with Crippen LogP contribution in [0.2, 0.25) is 5.02 Å². The summed E-state index contributed by atoms with van der Waals surface area (Å²) >= 11 is 5.91. The molecular formula is C24H23ClN4O2. The summed E-state index contributed by atoms with van der Waals surface area (Å²) in [5.74, 6) is 0.690. The van der Waals surface area contributed by atoms with Gasteiger partial charge in [0.15, 0.2) is 0 Å². The van der Waals surface area contributed by atoms with Crippen molar-refractivity contribution in [3.05, 3.63) is 59.2 Å². The van der Waals surface area contributed by atoms with Crippen LogP contribution in [-0.2, 0) is 4.79 Å². The van der Waals surface area contributed by atoms with E-state index in [-0.39, 0.29) is 11.8 Å². The molecule has 1 aliphatic heterocycles. The van der Waals surface area contributed by atoms with Crippen molar-refractivity contribution in [3.63, 3.8) is 0 Å². The maximum absolute atomic E-state index is 12.7. The highest BCUT2D eigenvalue weighted by atomic mass is 35.5. The van der Waals surface area contributed by atoms with Gasteiger partial charge in [-0.05, 0) is 62.2 Å². The molecular weight excluding hydrogens is 412 g/mol. The Kier molecular flexibility index (Phi) is 6.24. The van der Waals surface area contributed by atoms with E-state index in [0.717, 1.165) is 28.0 Å². The fourth-order valence-electron chi connectivity index (χ4n) is 3.98. The van der Waals surface area contributed by atoms with Crippen LogP contribution in [0.4, 0.5) is 11.4 Å². The summed E-state index contributed by atoms with van der Waals surface area (Å²) in [6.45, 7) is 3.88. The topological polar surface area (TPSA) is 78.2 Å². The van der Waals surface area contributed by atoms with Crippen molar-refractivity contribution < 1.29 is 9.53 Å². The maximum atomic E-state index is 12.7. The molecule has 0 aliphatic carbocycles. The van der Waals surface area contributed by atoms with Crippen LogP contribution in [0, 0.1) is 17.2 Å². The number of nitriles is 1. The van der Waals surface area contributed by atoms with Crippen molar-refractivity contribution in [3.8, 4) is 11.8 Å². The van der Waals surface area contributed by atoms with E-state index in [1.807, 2.05) is 25.1 Å². The van der Waals surface area contributed by atoms with Gasteiger partial charge < -0.3 is 15.0 Å². The van der Waals surface area contributed by atoms with Crippen LogP contribution in [0.25, 0.3) is 10.9 Å². The van der Waals surface area contributed by atoms with Crippen LogP contribution in [0.5, 0.6) is 5.75 Å². The van der Waals surface area contributed by atoms with E-state index in [2.05, 4.69) is 21.3 Å². The second-order valence-corrected chi connectivity index (χ2v) is 7.94. The third-order valence-electron chi connectivity index (χ3n) is 5.54. The molecule has 0 atom stereocenters. The minimum absolute atomic E-state index is 0.0145. The average Bonchev–Trinajstić information content (AvgIpc) is 2.80. The standard InChI is InChI=1S/C24H23ClN4O2/c1-2-31-20-7-8-22-21(13-20)23(17(14-26)15-27-22)29-11-9-16(10-12-29)24(30)28-19-5-3-18(25)4-6-19/h3-8,13,15-16H,2,9-12H2,1H3,(H,28,30). The molecule has 0 bridgehead atoms. The summed E-state index contributed by atoms with van der Waals surface area (Å²) < 4.78 is 5.65. The predicted octanol–water partition coefficient (Wildman–Crippen LogP) is 5.01. The molecule has 1 N–H and O–H groups in total. The summed E-state index contributed by atoms with van der Waals surface area (Å²) in [6.07, 6.45) is 3.04. The third kappa shape index (κ3) is 4.57. The summed E-state index contributed by atoms with van der Waals surface area (Å²) in [7, 11) is 0. The number of carbonyl (C=O) groups excluding carboxylic acids is 1. The number of piperidine rings is 1. The Bertz CT molecular complexity index is 1130. The Labute approximate surface area is 186 Å². The van der Waals surface area contributed by atoms with Gasteiger partial charge in [0.2, 0.25) is 5.91 Å². The summed E-state index contributed by atoms with van der Waals surface area (Å²) in [5, 5.41) is 14.2. The number of carbonyl (C=O) groups is 1. The van der Waals surface area contributed by atoms with Crippen molar-refractivity contribution >= 4 is 39.8 Å². The summed E-state index contributed by atoms with van der Waals surface area (Å²) in [4.78, 5) is 19.3. The minimum Gasteiger partial charge on any atom is -0.494 e. The lowest BCUT2D eigenvalue weighted by Gasteiger charge is -2.34.